The summed E-state index contributed by atoms with van der Waals surface area (Å²) in [7, 11) is 3.85. The van der Waals surface area contributed by atoms with Gasteiger partial charge in [0.2, 0.25) is 0 Å². The molecule has 1 aromatic heterocycles. The first-order valence-corrected chi connectivity index (χ1v) is 8.10. The molecule has 1 aromatic carbocycles. The van der Waals surface area contributed by atoms with Gasteiger partial charge in [-0.3, -0.25) is 4.79 Å². The van der Waals surface area contributed by atoms with E-state index < -0.39 is 6.10 Å². The maximum absolute atomic E-state index is 12.2. The van der Waals surface area contributed by atoms with Crippen molar-refractivity contribution in [2.45, 2.75) is 13.0 Å². The zero-order valence-corrected chi connectivity index (χ0v) is 15.4. The van der Waals surface area contributed by atoms with Crippen LogP contribution in [-0.4, -0.2) is 31.1 Å². The van der Waals surface area contributed by atoms with Gasteiger partial charge in [-0.1, -0.05) is 11.6 Å². The predicted molar refractivity (Wildman–Crippen MR) is 96.4 cm³/mol. The Bertz CT molecular complexity index is 692. The van der Waals surface area contributed by atoms with Crippen molar-refractivity contribution in [2.24, 2.45) is 0 Å². The van der Waals surface area contributed by atoms with Crippen molar-refractivity contribution in [3.63, 3.8) is 0 Å². The number of carbonyl (C=O) groups is 1. The quantitative estimate of drug-likeness (QED) is 0.828. The molecule has 0 spiro atoms. The van der Waals surface area contributed by atoms with E-state index >= 15 is 0 Å². The van der Waals surface area contributed by atoms with Crippen molar-refractivity contribution < 1.29 is 9.53 Å². The highest BCUT2D eigenvalue weighted by Gasteiger charge is 2.16. The average molecular weight is 399 g/mol. The second-order valence-electron chi connectivity index (χ2n) is 5.12. The van der Waals surface area contributed by atoms with Crippen LogP contribution in [0.2, 0.25) is 5.02 Å². The molecule has 2 aromatic rings. The van der Waals surface area contributed by atoms with Gasteiger partial charge in [-0.25, -0.2) is 4.98 Å². The molecule has 122 valence electrons. The number of amides is 1. The monoisotopic (exact) mass is 397 g/mol. The zero-order valence-electron chi connectivity index (χ0n) is 13.0. The zero-order chi connectivity index (χ0) is 17.0. The normalized spacial score (nSPS) is 11.7. The Hall–Kier alpha value is -1.79. The van der Waals surface area contributed by atoms with Crippen molar-refractivity contribution in [1.82, 2.24) is 4.98 Å². The lowest BCUT2D eigenvalue weighted by Crippen LogP contribution is -2.30. The van der Waals surface area contributed by atoms with Crippen LogP contribution in [0.5, 0.6) is 5.75 Å². The number of hydrogen-bond acceptors (Lipinski definition) is 4. The summed E-state index contributed by atoms with van der Waals surface area (Å²) in [5.74, 6) is 0.746. The van der Waals surface area contributed by atoms with Crippen molar-refractivity contribution in [3.05, 3.63) is 46.0 Å². The number of carbonyl (C=O) groups excluding carboxylic acids is 1. The van der Waals surface area contributed by atoms with Gasteiger partial charge in [-0.15, -0.1) is 0 Å². The van der Waals surface area contributed by atoms with E-state index in [4.69, 9.17) is 16.3 Å². The molecule has 0 saturated heterocycles. The van der Waals surface area contributed by atoms with Crippen LogP contribution >= 0.6 is 27.5 Å². The number of ether oxygens (including phenoxy) is 1. The van der Waals surface area contributed by atoms with E-state index in [1.807, 2.05) is 25.1 Å². The maximum atomic E-state index is 12.2. The van der Waals surface area contributed by atoms with Crippen molar-refractivity contribution >= 4 is 44.9 Å². The highest BCUT2D eigenvalue weighted by molar-refractivity contribution is 9.10. The molecule has 0 bridgehead atoms. The fourth-order valence-corrected chi connectivity index (χ4v) is 2.54. The van der Waals surface area contributed by atoms with Gasteiger partial charge in [0.15, 0.2) is 6.10 Å². The van der Waals surface area contributed by atoms with Crippen molar-refractivity contribution in [1.29, 1.82) is 0 Å². The molecule has 1 heterocycles. The Morgan fingerprint density at radius 2 is 2.09 bits per heavy atom. The molecule has 0 aliphatic rings. The largest absolute Gasteiger partial charge is 0.480 e. The van der Waals surface area contributed by atoms with E-state index in [9.17, 15) is 4.79 Å². The average Bonchev–Trinajstić information content (AvgIpc) is 2.50. The summed E-state index contributed by atoms with van der Waals surface area (Å²) in [6.45, 7) is 1.67. The fourth-order valence-electron chi connectivity index (χ4n) is 1.77. The maximum Gasteiger partial charge on any atom is 0.266 e. The minimum atomic E-state index is -0.678. The topological polar surface area (TPSA) is 54.5 Å². The van der Waals surface area contributed by atoms with Gasteiger partial charge < -0.3 is 15.0 Å². The van der Waals surface area contributed by atoms with E-state index in [1.54, 1.807) is 37.4 Å². The summed E-state index contributed by atoms with van der Waals surface area (Å²) in [5.41, 5.74) is 0.956. The Kier molecular flexibility index (Phi) is 5.85. The molecule has 1 unspecified atom stereocenters. The number of benzene rings is 1. The Morgan fingerprint density at radius 3 is 2.65 bits per heavy atom. The second kappa shape index (κ2) is 7.66. The molecule has 23 heavy (non-hydrogen) atoms. The number of rotatable bonds is 5. The van der Waals surface area contributed by atoms with Crippen LogP contribution in [0.15, 0.2) is 41.0 Å². The summed E-state index contributed by atoms with van der Waals surface area (Å²) in [6, 6.07) is 8.75. The Morgan fingerprint density at radius 1 is 1.35 bits per heavy atom. The van der Waals surface area contributed by atoms with Gasteiger partial charge in [-0.2, -0.15) is 0 Å². The number of hydrogen-bond donors (Lipinski definition) is 1. The van der Waals surface area contributed by atoms with E-state index in [1.165, 1.54) is 0 Å². The van der Waals surface area contributed by atoms with Crippen LogP contribution in [0.25, 0.3) is 0 Å². The highest BCUT2D eigenvalue weighted by Crippen LogP contribution is 2.28. The minimum absolute atomic E-state index is 0.281. The van der Waals surface area contributed by atoms with Crippen LogP contribution in [0.1, 0.15) is 6.92 Å². The Balaban J connectivity index is 1.99. The second-order valence-corrected chi connectivity index (χ2v) is 6.41. The van der Waals surface area contributed by atoms with Gasteiger partial charge in [0, 0.05) is 19.1 Å². The lowest BCUT2D eigenvalue weighted by atomic mass is 10.3. The standard InChI is InChI=1S/C16H17BrClN3O2/c1-10(23-14-6-4-11(18)8-13(14)17)16(22)20-15-7-5-12(9-19-15)21(2)3/h4-10H,1-3H3,(H,19,20,22). The summed E-state index contributed by atoms with van der Waals surface area (Å²) in [6.07, 6.45) is 1.01. The van der Waals surface area contributed by atoms with Gasteiger partial charge in [0.1, 0.15) is 11.6 Å². The van der Waals surface area contributed by atoms with Crippen molar-refractivity contribution in [2.75, 3.05) is 24.3 Å². The smallest absolute Gasteiger partial charge is 0.266 e. The first-order chi connectivity index (χ1) is 10.9. The molecule has 5 nitrogen and oxygen atoms in total. The van der Waals surface area contributed by atoms with Crippen LogP contribution in [0.3, 0.4) is 0 Å². The van der Waals surface area contributed by atoms with Crippen LogP contribution < -0.4 is 15.0 Å². The third kappa shape index (κ3) is 4.84. The summed E-state index contributed by atoms with van der Waals surface area (Å²) in [4.78, 5) is 18.3. The van der Waals surface area contributed by atoms with E-state index in [2.05, 4.69) is 26.2 Å². The summed E-state index contributed by atoms with van der Waals surface area (Å²) in [5, 5.41) is 3.31. The van der Waals surface area contributed by atoms with E-state index in [-0.39, 0.29) is 5.91 Å². The lowest BCUT2D eigenvalue weighted by Gasteiger charge is -2.16. The molecule has 1 atom stereocenters. The van der Waals surface area contributed by atoms with Gasteiger partial charge in [-0.05, 0) is 53.2 Å². The molecule has 0 saturated carbocycles. The van der Waals surface area contributed by atoms with E-state index in [0.29, 0.717) is 21.1 Å². The summed E-state index contributed by atoms with van der Waals surface area (Å²) >= 11 is 9.24. The van der Waals surface area contributed by atoms with Gasteiger partial charge in [0.25, 0.3) is 5.91 Å². The lowest BCUT2D eigenvalue weighted by molar-refractivity contribution is -0.122. The molecule has 0 aliphatic carbocycles. The Labute approximate surface area is 148 Å². The minimum Gasteiger partial charge on any atom is -0.480 e. The number of aromatic nitrogens is 1. The number of nitrogens with zero attached hydrogens (tertiary/aromatic N) is 2. The number of anilines is 2. The molecular weight excluding hydrogens is 382 g/mol. The first kappa shape index (κ1) is 17.6. The number of pyridine rings is 1. The number of halogens is 2. The molecule has 7 heteroatoms. The van der Waals surface area contributed by atoms with Gasteiger partial charge >= 0.3 is 0 Å². The molecule has 0 fully saturated rings. The predicted octanol–water partition coefficient (Wildman–Crippen LogP) is 3.97. The van der Waals surface area contributed by atoms with E-state index in [0.717, 1.165) is 5.69 Å². The third-order valence-electron chi connectivity index (χ3n) is 3.08. The molecule has 1 amide bonds. The molecule has 1 N–H and O–H groups in total. The molecular formula is C16H17BrClN3O2. The molecule has 0 radical (unpaired) electrons. The van der Waals surface area contributed by atoms with Crippen LogP contribution in [-0.2, 0) is 4.79 Å². The highest BCUT2D eigenvalue weighted by atomic mass is 79.9. The van der Waals surface area contributed by atoms with Gasteiger partial charge in [0.05, 0.1) is 16.4 Å². The fraction of sp³-hybridized carbons (Fsp3) is 0.250. The molecule has 2 rings (SSSR count). The van der Waals surface area contributed by atoms with Crippen molar-refractivity contribution in [3.8, 4) is 5.75 Å². The molecule has 0 aliphatic heterocycles. The van der Waals surface area contributed by atoms with Crippen LogP contribution in [0.4, 0.5) is 11.5 Å². The SMILES string of the molecule is CC(Oc1ccc(Cl)cc1Br)C(=O)Nc1ccc(N(C)C)cn1. The summed E-state index contributed by atoms with van der Waals surface area (Å²) < 4.78 is 6.34. The number of nitrogens with one attached hydrogen (secondary N) is 1. The van der Waals surface area contributed by atoms with Crippen LogP contribution in [0, 0.1) is 0 Å². The third-order valence-corrected chi connectivity index (χ3v) is 3.94. The first-order valence-electron chi connectivity index (χ1n) is 6.93.